The largest absolute Gasteiger partial charge is 0.376 e. The molecule has 130 valence electrons. The average Bonchev–Trinajstić information content (AvgIpc) is 2.63. The summed E-state index contributed by atoms with van der Waals surface area (Å²) in [5.41, 5.74) is 0.793. The predicted octanol–water partition coefficient (Wildman–Crippen LogP) is 1.42. The number of carbonyl (C=O) groups excluding carboxylic acids is 2. The van der Waals surface area contributed by atoms with E-state index in [-0.39, 0.29) is 23.0 Å². The van der Waals surface area contributed by atoms with Crippen LogP contribution in [0, 0.1) is 0 Å². The fourth-order valence-electron chi connectivity index (χ4n) is 2.61. The molecule has 1 fully saturated rings. The van der Waals surface area contributed by atoms with Crippen molar-refractivity contribution in [3.8, 4) is 0 Å². The molecule has 3 amide bonds. The van der Waals surface area contributed by atoms with E-state index < -0.39 is 21.1 Å². The third-order valence-corrected chi connectivity index (χ3v) is 9.22. The van der Waals surface area contributed by atoms with Gasteiger partial charge in [0.05, 0.1) is 12.6 Å². The van der Waals surface area contributed by atoms with Gasteiger partial charge in [0, 0.05) is 0 Å². The van der Waals surface area contributed by atoms with E-state index in [4.69, 9.17) is 9.63 Å². The quantitative estimate of drug-likeness (QED) is 0.460. The van der Waals surface area contributed by atoms with E-state index in [9.17, 15) is 9.59 Å². The van der Waals surface area contributed by atoms with Crippen LogP contribution in [-0.2, 0) is 9.32 Å². The summed E-state index contributed by atoms with van der Waals surface area (Å²) in [5.74, 6) is -0.373. The summed E-state index contributed by atoms with van der Waals surface area (Å²) in [6.07, 6.45) is 1.91. The molecule has 7 nitrogen and oxygen atoms in total. The molecule has 2 atom stereocenters. The lowest BCUT2D eigenvalue weighted by atomic mass is 10.0. The summed E-state index contributed by atoms with van der Waals surface area (Å²) >= 11 is 0. The van der Waals surface area contributed by atoms with Crippen molar-refractivity contribution in [1.82, 2.24) is 15.3 Å². The Labute approximate surface area is 138 Å². The molecule has 2 bridgehead atoms. The van der Waals surface area contributed by atoms with E-state index in [0.717, 1.165) is 5.57 Å². The van der Waals surface area contributed by atoms with Crippen molar-refractivity contribution in [2.45, 2.75) is 57.9 Å². The number of nitrogens with zero attached hydrogens (tertiary/aromatic N) is 2. The zero-order valence-corrected chi connectivity index (χ0v) is 15.7. The minimum absolute atomic E-state index is 0.0221. The number of hydroxylamine groups is 2. The van der Waals surface area contributed by atoms with Crippen LogP contribution in [0.1, 0.15) is 27.7 Å². The fourth-order valence-corrected chi connectivity index (χ4v) is 3.59. The van der Waals surface area contributed by atoms with Gasteiger partial charge in [-0.05, 0) is 30.6 Å². The number of aliphatic hydroxyl groups excluding tert-OH is 1. The molecule has 2 heterocycles. The Morgan fingerprint density at radius 1 is 1.48 bits per heavy atom. The van der Waals surface area contributed by atoms with E-state index in [1.807, 2.05) is 13.0 Å². The van der Waals surface area contributed by atoms with E-state index in [0.29, 0.717) is 6.54 Å². The second-order valence-corrected chi connectivity index (χ2v) is 12.4. The highest BCUT2D eigenvalue weighted by molar-refractivity contribution is 6.74. The lowest BCUT2D eigenvalue weighted by Crippen LogP contribution is -2.51. The fraction of sp³-hybridized carbons (Fsp3) is 0.733. The van der Waals surface area contributed by atoms with Gasteiger partial charge in [-0.3, -0.25) is 4.79 Å². The SMILES string of the molecule is CC1=C[C@@H]2CN(C(=O)N2O[Si](C)(C)C(C)(C)C)[C@@H]1C(=O)NCO. The van der Waals surface area contributed by atoms with Crippen molar-refractivity contribution in [3.05, 3.63) is 11.6 Å². The number of rotatable bonds is 4. The summed E-state index contributed by atoms with van der Waals surface area (Å²) in [7, 11) is -2.15. The van der Waals surface area contributed by atoms with Gasteiger partial charge in [0.15, 0.2) is 0 Å². The Morgan fingerprint density at radius 3 is 2.61 bits per heavy atom. The third kappa shape index (κ3) is 3.15. The maximum atomic E-state index is 12.7. The minimum atomic E-state index is -2.15. The Hall–Kier alpha value is -1.38. The van der Waals surface area contributed by atoms with Gasteiger partial charge in [0.2, 0.25) is 14.2 Å². The molecule has 0 unspecified atom stereocenters. The molecule has 2 N–H and O–H groups in total. The zero-order valence-electron chi connectivity index (χ0n) is 14.7. The third-order valence-electron chi connectivity index (χ3n) is 4.95. The second-order valence-electron chi connectivity index (χ2n) is 7.69. The molecular formula is C15H27N3O4Si. The summed E-state index contributed by atoms with van der Waals surface area (Å²) < 4.78 is 6.18. The first-order chi connectivity index (χ1) is 10.5. The van der Waals surface area contributed by atoms with Crippen molar-refractivity contribution < 1.29 is 19.2 Å². The number of hydrogen-bond donors (Lipinski definition) is 2. The van der Waals surface area contributed by atoms with E-state index >= 15 is 0 Å². The number of nitrogens with one attached hydrogen (secondary N) is 1. The van der Waals surface area contributed by atoms with Gasteiger partial charge in [-0.2, -0.15) is 0 Å². The molecule has 2 aliphatic heterocycles. The Bertz CT molecular complexity index is 541. The maximum Gasteiger partial charge on any atom is 0.344 e. The van der Waals surface area contributed by atoms with Crippen LogP contribution in [0.5, 0.6) is 0 Å². The first-order valence-corrected chi connectivity index (χ1v) is 10.8. The molecule has 2 aliphatic rings. The lowest BCUT2D eigenvalue weighted by Gasteiger charge is -2.39. The van der Waals surface area contributed by atoms with Gasteiger partial charge < -0.3 is 19.8 Å². The highest BCUT2D eigenvalue weighted by Crippen LogP contribution is 2.39. The van der Waals surface area contributed by atoms with E-state index in [2.05, 4.69) is 39.2 Å². The van der Waals surface area contributed by atoms with Gasteiger partial charge in [0.25, 0.3) is 0 Å². The summed E-state index contributed by atoms with van der Waals surface area (Å²) in [4.78, 5) is 26.4. The lowest BCUT2D eigenvalue weighted by molar-refractivity contribution is -0.125. The standard InChI is InChI=1S/C15H27N3O4Si/c1-10-7-11-8-17(12(10)13(20)16-9-19)14(21)18(11)22-23(5,6)15(2,3)4/h7,11-12,19H,8-9H2,1-6H3,(H,16,20)/t11-,12+/m1/s1. The number of hydrogen-bond acceptors (Lipinski definition) is 4. The Morgan fingerprint density at radius 2 is 2.09 bits per heavy atom. The van der Waals surface area contributed by atoms with E-state index in [1.165, 1.54) is 9.96 Å². The normalized spacial score (nSPS) is 24.8. The molecule has 0 aliphatic carbocycles. The molecule has 0 aromatic rings. The van der Waals surface area contributed by atoms with Crippen molar-refractivity contribution >= 4 is 20.3 Å². The molecule has 8 heteroatoms. The molecular weight excluding hydrogens is 314 g/mol. The molecule has 0 saturated carbocycles. The first-order valence-electron chi connectivity index (χ1n) is 7.85. The van der Waals surface area contributed by atoms with Gasteiger partial charge in [-0.15, -0.1) is 0 Å². The summed E-state index contributed by atoms with van der Waals surface area (Å²) in [5, 5.41) is 12.7. The Kier molecular flexibility index (Phi) is 4.62. The van der Waals surface area contributed by atoms with Crippen molar-refractivity contribution in [2.24, 2.45) is 0 Å². The highest BCUT2D eigenvalue weighted by Gasteiger charge is 2.50. The van der Waals surface area contributed by atoms with Gasteiger partial charge in [0.1, 0.15) is 12.8 Å². The van der Waals surface area contributed by atoms with Gasteiger partial charge >= 0.3 is 6.03 Å². The van der Waals surface area contributed by atoms with Crippen molar-refractivity contribution in [2.75, 3.05) is 13.3 Å². The van der Waals surface area contributed by atoms with E-state index in [1.54, 1.807) is 0 Å². The van der Waals surface area contributed by atoms with Gasteiger partial charge in [-0.25, -0.2) is 9.86 Å². The zero-order chi connectivity index (χ0) is 17.6. The number of carbonyl (C=O) groups is 2. The molecule has 0 aromatic carbocycles. The number of fused-ring (bicyclic) bond motifs is 2. The van der Waals surface area contributed by atoms with Crippen molar-refractivity contribution in [1.29, 1.82) is 0 Å². The second kappa shape index (κ2) is 5.92. The molecule has 23 heavy (non-hydrogen) atoms. The number of amides is 3. The smallest absolute Gasteiger partial charge is 0.344 e. The maximum absolute atomic E-state index is 12.7. The van der Waals surface area contributed by atoms with Crippen LogP contribution in [0.4, 0.5) is 4.79 Å². The van der Waals surface area contributed by atoms with Gasteiger partial charge in [-0.1, -0.05) is 26.8 Å². The molecule has 0 spiro atoms. The van der Waals surface area contributed by atoms with Crippen LogP contribution in [0.3, 0.4) is 0 Å². The topological polar surface area (TPSA) is 82.1 Å². The molecule has 1 saturated heterocycles. The predicted molar refractivity (Wildman–Crippen MR) is 88.8 cm³/mol. The molecule has 2 rings (SSSR count). The monoisotopic (exact) mass is 341 g/mol. The van der Waals surface area contributed by atoms with Crippen LogP contribution >= 0.6 is 0 Å². The first kappa shape index (κ1) is 18.0. The van der Waals surface area contributed by atoms with Crippen molar-refractivity contribution in [3.63, 3.8) is 0 Å². The average molecular weight is 341 g/mol. The minimum Gasteiger partial charge on any atom is -0.376 e. The van der Waals surface area contributed by atoms with Crippen LogP contribution in [0.2, 0.25) is 18.1 Å². The molecule has 0 radical (unpaired) electrons. The summed E-state index contributed by atoms with van der Waals surface area (Å²) in [6, 6.07) is -1.14. The van der Waals surface area contributed by atoms with Crippen LogP contribution in [0.15, 0.2) is 11.6 Å². The highest BCUT2D eigenvalue weighted by atomic mass is 28.4. The summed E-state index contributed by atoms with van der Waals surface area (Å²) in [6.45, 7) is 12.3. The number of aliphatic hydroxyl groups is 1. The van der Waals surface area contributed by atoms with Crippen LogP contribution in [-0.4, -0.2) is 60.7 Å². The van der Waals surface area contributed by atoms with Crippen LogP contribution < -0.4 is 5.32 Å². The number of urea groups is 1. The van der Waals surface area contributed by atoms with Crippen LogP contribution in [0.25, 0.3) is 0 Å². The Balaban J connectivity index is 2.24. The molecule has 0 aromatic heterocycles.